The first kappa shape index (κ1) is 25.0. The number of hydrogen-bond donors (Lipinski definition) is 2. The summed E-state index contributed by atoms with van der Waals surface area (Å²) in [7, 11) is 1.42. The number of ether oxygens (including phenoxy) is 1. The van der Waals surface area contributed by atoms with E-state index in [1.54, 1.807) is 0 Å². The summed E-state index contributed by atoms with van der Waals surface area (Å²) in [5.41, 5.74) is 3.99. The third-order valence-corrected chi connectivity index (χ3v) is 6.39. The summed E-state index contributed by atoms with van der Waals surface area (Å²) >= 11 is 0. The van der Waals surface area contributed by atoms with E-state index in [0.717, 1.165) is 32.7 Å². The van der Waals surface area contributed by atoms with Crippen LogP contribution in [0.2, 0.25) is 0 Å². The van der Waals surface area contributed by atoms with Crippen LogP contribution in [0, 0.1) is 0 Å². The third-order valence-electron chi connectivity index (χ3n) is 6.39. The molecule has 0 saturated heterocycles. The van der Waals surface area contributed by atoms with Crippen LogP contribution in [-0.2, 0) is 14.3 Å². The van der Waals surface area contributed by atoms with Crippen molar-refractivity contribution in [3.63, 3.8) is 0 Å². The van der Waals surface area contributed by atoms with Gasteiger partial charge in [-0.2, -0.15) is 0 Å². The van der Waals surface area contributed by atoms with Gasteiger partial charge < -0.3 is 20.1 Å². The fourth-order valence-electron chi connectivity index (χ4n) is 4.01. The Balaban J connectivity index is 1.73. The largest absolute Gasteiger partial charge is 0.480 e. The van der Waals surface area contributed by atoms with Crippen molar-refractivity contribution in [3.05, 3.63) is 71.3 Å². The Hall–Kier alpha value is -3.61. The third kappa shape index (κ3) is 5.14. The Morgan fingerprint density at radius 3 is 2.09 bits per heavy atom. The number of carboxylic acid groups (broad SMARTS) is 1. The highest BCUT2D eigenvalue weighted by Gasteiger charge is 2.38. The zero-order valence-electron chi connectivity index (χ0n) is 20.3. The number of alkyl carbamates (subject to hydrolysis) is 1. The van der Waals surface area contributed by atoms with E-state index in [-0.39, 0.29) is 18.9 Å². The van der Waals surface area contributed by atoms with Crippen LogP contribution in [-0.4, -0.2) is 53.2 Å². The molecular weight excluding hydrogens is 432 g/mol. The molecule has 0 heterocycles. The van der Waals surface area contributed by atoms with E-state index in [0.29, 0.717) is 0 Å². The molecule has 0 aromatic heterocycles. The summed E-state index contributed by atoms with van der Waals surface area (Å²) in [6, 6.07) is 15.1. The van der Waals surface area contributed by atoms with Crippen LogP contribution in [0.5, 0.6) is 0 Å². The average molecular weight is 465 g/mol. The second-order valence-corrected chi connectivity index (χ2v) is 9.30. The number of likely N-dealkylation sites (N-methyl/N-ethyl adjacent to an activating group) is 1. The van der Waals surface area contributed by atoms with Crippen LogP contribution in [0.1, 0.15) is 51.2 Å². The molecule has 7 heteroatoms. The van der Waals surface area contributed by atoms with Crippen molar-refractivity contribution in [1.82, 2.24) is 10.2 Å². The molecule has 0 fully saturated rings. The van der Waals surface area contributed by atoms with Crippen LogP contribution in [0.25, 0.3) is 11.1 Å². The normalized spacial score (nSPS) is 13.3. The van der Waals surface area contributed by atoms with E-state index in [1.165, 1.54) is 20.9 Å². The highest BCUT2D eigenvalue weighted by molar-refractivity contribution is 5.91. The number of amides is 2. The standard InChI is InChI=1S/C27H32N2O5/c1-17(2)14-15-23(24(30)29(5)27(3,4)25(31)32)28-26(33)34-16-22-20-12-8-6-10-18(20)19-11-7-9-13-21(19)22/h6-14,22-23H,15-16H2,1-5H3,(H,28,33)(H,31,32). The number of rotatable bonds is 8. The number of hydrogen-bond acceptors (Lipinski definition) is 4. The molecular formula is C27H32N2O5. The first-order valence-electron chi connectivity index (χ1n) is 11.3. The molecule has 0 radical (unpaired) electrons. The van der Waals surface area contributed by atoms with E-state index in [2.05, 4.69) is 17.4 Å². The smallest absolute Gasteiger partial charge is 0.407 e. The summed E-state index contributed by atoms with van der Waals surface area (Å²) in [6.45, 7) is 6.79. The lowest BCUT2D eigenvalue weighted by molar-refractivity contribution is -0.156. The molecule has 0 bridgehead atoms. The van der Waals surface area contributed by atoms with E-state index in [4.69, 9.17) is 4.74 Å². The van der Waals surface area contributed by atoms with Crippen molar-refractivity contribution in [2.45, 2.75) is 51.6 Å². The molecule has 1 aliphatic rings. The van der Waals surface area contributed by atoms with Gasteiger partial charge >= 0.3 is 12.1 Å². The number of carbonyl (C=O) groups excluding carboxylic acids is 2. The minimum Gasteiger partial charge on any atom is -0.480 e. The van der Waals surface area contributed by atoms with Crippen LogP contribution < -0.4 is 5.32 Å². The fourth-order valence-corrected chi connectivity index (χ4v) is 4.01. The van der Waals surface area contributed by atoms with E-state index < -0.39 is 29.6 Å². The zero-order chi connectivity index (χ0) is 25.0. The zero-order valence-corrected chi connectivity index (χ0v) is 20.3. The predicted molar refractivity (Wildman–Crippen MR) is 131 cm³/mol. The Morgan fingerprint density at radius 1 is 1.06 bits per heavy atom. The van der Waals surface area contributed by atoms with Gasteiger partial charge in [-0.25, -0.2) is 9.59 Å². The van der Waals surface area contributed by atoms with Crippen LogP contribution in [0.4, 0.5) is 4.79 Å². The number of fused-ring (bicyclic) bond motifs is 3. The molecule has 180 valence electrons. The summed E-state index contributed by atoms with van der Waals surface area (Å²) in [4.78, 5) is 38.6. The highest BCUT2D eigenvalue weighted by atomic mass is 16.5. The van der Waals surface area contributed by atoms with Crippen molar-refractivity contribution < 1.29 is 24.2 Å². The van der Waals surface area contributed by atoms with Gasteiger partial charge in [0, 0.05) is 13.0 Å². The maximum atomic E-state index is 13.1. The van der Waals surface area contributed by atoms with E-state index >= 15 is 0 Å². The van der Waals surface area contributed by atoms with Gasteiger partial charge in [-0.05, 0) is 56.4 Å². The molecule has 3 rings (SSSR count). The first-order valence-corrected chi connectivity index (χ1v) is 11.3. The predicted octanol–water partition coefficient (Wildman–Crippen LogP) is 4.57. The monoisotopic (exact) mass is 464 g/mol. The van der Waals surface area contributed by atoms with Crippen molar-refractivity contribution >= 4 is 18.0 Å². The van der Waals surface area contributed by atoms with Gasteiger partial charge in [-0.3, -0.25) is 4.79 Å². The second kappa shape index (κ2) is 10.1. The molecule has 2 amide bonds. The summed E-state index contributed by atoms with van der Waals surface area (Å²) in [6.07, 6.45) is 1.34. The number of carboxylic acids is 1. The molecule has 0 saturated carbocycles. The number of benzene rings is 2. The lowest BCUT2D eigenvalue weighted by atomic mass is 9.98. The van der Waals surface area contributed by atoms with Gasteiger partial charge in [-0.15, -0.1) is 0 Å². The maximum Gasteiger partial charge on any atom is 0.407 e. The fraction of sp³-hybridized carbons (Fsp3) is 0.370. The Kier molecular flexibility index (Phi) is 7.44. The second-order valence-electron chi connectivity index (χ2n) is 9.30. The Labute approximate surface area is 200 Å². The molecule has 2 N–H and O–H groups in total. The van der Waals surface area contributed by atoms with Crippen molar-refractivity contribution in [2.75, 3.05) is 13.7 Å². The van der Waals surface area contributed by atoms with Crippen molar-refractivity contribution in [2.24, 2.45) is 0 Å². The average Bonchev–Trinajstić information content (AvgIpc) is 3.13. The summed E-state index contributed by atoms with van der Waals surface area (Å²) in [5.74, 6) is -1.73. The van der Waals surface area contributed by atoms with Crippen LogP contribution in [0.15, 0.2) is 60.2 Å². The van der Waals surface area contributed by atoms with Gasteiger partial charge in [0.15, 0.2) is 0 Å². The summed E-state index contributed by atoms with van der Waals surface area (Å²) < 4.78 is 5.58. The SMILES string of the molecule is CC(C)=CCC(NC(=O)OCC1c2ccccc2-c2ccccc21)C(=O)N(C)C(C)(C)C(=O)O. The van der Waals surface area contributed by atoms with Crippen molar-refractivity contribution in [3.8, 4) is 11.1 Å². The lowest BCUT2D eigenvalue weighted by Gasteiger charge is -2.34. The molecule has 0 spiro atoms. The highest BCUT2D eigenvalue weighted by Crippen LogP contribution is 2.44. The van der Waals surface area contributed by atoms with Gasteiger partial charge in [0.1, 0.15) is 18.2 Å². The summed E-state index contributed by atoms with van der Waals surface area (Å²) in [5, 5.41) is 12.1. The molecule has 1 atom stereocenters. The molecule has 7 nitrogen and oxygen atoms in total. The number of aliphatic carboxylic acids is 1. The molecule has 2 aromatic rings. The Morgan fingerprint density at radius 2 is 1.59 bits per heavy atom. The van der Waals surface area contributed by atoms with Crippen LogP contribution >= 0.6 is 0 Å². The molecule has 1 aliphatic carbocycles. The van der Waals surface area contributed by atoms with Crippen molar-refractivity contribution in [1.29, 1.82) is 0 Å². The quantitative estimate of drug-likeness (QED) is 0.558. The Bertz CT molecular complexity index is 1070. The molecule has 1 unspecified atom stereocenters. The maximum absolute atomic E-state index is 13.1. The lowest BCUT2D eigenvalue weighted by Crippen LogP contribution is -2.57. The number of allylic oxidation sites excluding steroid dienone is 1. The van der Waals surface area contributed by atoms with Gasteiger partial charge in [0.2, 0.25) is 5.91 Å². The molecule has 2 aromatic carbocycles. The molecule has 34 heavy (non-hydrogen) atoms. The van der Waals surface area contributed by atoms with Gasteiger partial charge in [-0.1, -0.05) is 60.2 Å². The van der Waals surface area contributed by atoms with E-state index in [9.17, 15) is 19.5 Å². The minimum absolute atomic E-state index is 0.0984. The molecule has 0 aliphatic heterocycles. The number of nitrogens with one attached hydrogen (secondary N) is 1. The first-order chi connectivity index (χ1) is 16.0. The topological polar surface area (TPSA) is 95.9 Å². The van der Waals surface area contributed by atoms with Gasteiger partial charge in [0.25, 0.3) is 0 Å². The van der Waals surface area contributed by atoms with E-state index in [1.807, 2.05) is 56.3 Å². The number of nitrogens with zero attached hydrogens (tertiary/aromatic N) is 1. The van der Waals surface area contributed by atoms with Gasteiger partial charge in [0.05, 0.1) is 0 Å². The minimum atomic E-state index is -1.43. The number of carbonyl (C=O) groups is 3. The van der Waals surface area contributed by atoms with Crippen LogP contribution in [0.3, 0.4) is 0 Å².